The number of aryl methyl sites for hydroxylation is 1. The van der Waals surface area contributed by atoms with Crippen LogP contribution >= 0.6 is 0 Å². The molecule has 0 saturated heterocycles. The zero-order valence-electron chi connectivity index (χ0n) is 7.61. The molecule has 3 heterocycles. The van der Waals surface area contributed by atoms with E-state index in [1.165, 1.54) is 6.33 Å². The van der Waals surface area contributed by atoms with E-state index in [1.807, 2.05) is 13.0 Å². The first-order chi connectivity index (χ1) is 6.75. The summed E-state index contributed by atoms with van der Waals surface area (Å²) in [7, 11) is 0. The summed E-state index contributed by atoms with van der Waals surface area (Å²) in [5.74, 6) is 0.600. The summed E-state index contributed by atoms with van der Waals surface area (Å²) in [6.45, 7) is 1.96. The smallest absolute Gasteiger partial charge is 0.230 e. The van der Waals surface area contributed by atoms with Crippen molar-refractivity contribution in [3.05, 3.63) is 23.7 Å². The summed E-state index contributed by atoms with van der Waals surface area (Å²) in [5.41, 5.74) is 2.95. The number of hydrogen-bond acceptors (Lipinski definition) is 3. The van der Waals surface area contributed by atoms with Gasteiger partial charge in [-0.15, -0.1) is 0 Å². The van der Waals surface area contributed by atoms with Crippen molar-refractivity contribution < 1.29 is 4.79 Å². The molecule has 5 heteroatoms. The minimum Gasteiger partial charge on any atom is -0.309 e. The highest BCUT2D eigenvalue weighted by atomic mass is 16.1. The number of rotatable bonds is 0. The van der Waals surface area contributed by atoms with Crippen LogP contribution in [0.25, 0.3) is 5.52 Å². The van der Waals surface area contributed by atoms with Crippen LogP contribution in [0.5, 0.6) is 0 Å². The zero-order valence-corrected chi connectivity index (χ0v) is 7.61. The number of nitrogens with zero attached hydrogens (tertiary/aromatic N) is 3. The molecule has 1 aliphatic rings. The third-order valence-corrected chi connectivity index (χ3v) is 2.42. The SMILES string of the molecule is Cc1cc2c3c(ncnn13)NC(=O)C2. The number of nitrogens with one attached hydrogen (secondary N) is 1. The van der Waals surface area contributed by atoms with E-state index in [-0.39, 0.29) is 5.91 Å². The van der Waals surface area contributed by atoms with Gasteiger partial charge >= 0.3 is 0 Å². The molecule has 14 heavy (non-hydrogen) atoms. The van der Waals surface area contributed by atoms with Crippen LogP contribution in [-0.2, 0) is 11.2 Å². The lowest BCUT2D eigenvalue weighted by Gasteiger charge is -2.11. The van der Waals surface area contributed by atoms with Crippen molar-refractivity contribution in [2.75, 3.05) is 5.32 Å². The second-order valence-electron chi connectivity index (χ2n) is 3.40. The van der Waals surface area contributed by atoms with Gasteiger partial charge in [0.25, 0.3) is 0 Å². The molecule has 2 aromatic rings. The molecule has 1 aliphatic heterocycles. The van der Waals surface area contributed by atoms with Gasteiger partial charge in [-0.3, -0.25) is 4.79 Å². The molecule has 0 fully saturated rings. The van der Waals surface area contributed by atoms with Crippen LogP contribution in [0.4, 0.5) is 5.82 Å². The molecule has 0 spiro atoms. The van der Waals surface area contributed by atoms with E-state index in [0.29, 0.717) is 12.2 Å². The third-order valence-electron chi connectivity index (χ3n) is 2.42. The van der Waals surface area contributed by atoms with Crippen molar-refractivity contribution in [1.29, 1.82) is 0 Å². The molecule has 0 aromatic carbocycles. The first kappa shape index (κ1) is 7.49. The Labute approximate surface area is 79.8 Å². The average Bonchev–Trinajstić information content (AvgIpc) is 2.45. The van der Waals surface area contributed by atoms with Crippen LogP contribution in [0.15, 0.2) is 12.4 Å². The van der Waals surface area contributed by atoms with Crippen molar-refractivity contribution in [1.82, 2.24) is 14.6 Å². The summed E-state index contributed by atoms with van der Waals surface area (Å²) in [4.78, 5) is 15.3. The van der Waals surface area contributed by atoms with Crippen LogP contribution < -0.4 is 5.32 Å². The normalized spacial score (nSPS) is 14.5. The van der Waals surface area contributed by atoms with Crippen molar-refractivity contribution in [2.45, 2.75) is 13.3 Å². The van der Waals surface area contributed by atoms with E-state index in [0.717, 1.165) is 16.8 Å². The topological polar surface area (TPSA) is 59.3 Å². The lowest BCUT2D eigenvalue weighted by Crippen LogP contribution is -2.20. The Morgan fingerprint density at radius 1 is 1.57 bits per heavy atom. The Hall–Kier alpha value is -1.91. The molecule has 5 nitrogen and oxygen atoms in total. The van der Waals surface area contributed by atoms with E-state index >= 15 is 0 Å². The maximum atomic E-state index is 11.3. The summed E-state index contributed by atoms with van der Waals surface area (Å²) in [5, 5.41) is 6.85. The zero-order chi connectivity index (χ0) is 9.71. The fourth-order valence-electron chi connectivity index (χ4n) is 1.87. The molecular weight excluding hydrogens is 180 g/mol. The lowest BCUT2D eigenvalue weighted by atomic mass is 10.1. The van der Waals surface area contributed by atoms with Gasteiger partial charge in [-0.2, -0.15) is 5.10 Å². The molecule has 0 radical (unpaired) electrons. The Morgan fingerprint density at radius 2 is 2.43 bits per heavy atom. The minimum atomic E-state index is -0.0105. The molecule has 0 unspecified atom stereocenters. The van der Waals surface area contributed by atoms with E-state index in [9.17, 15) is 4.79 Å². The van der Waals surface area contributed by atoms with Crippen LogP contribution in [0.1, 0.15) is 11.3 Å². The molecule has 1 amide bonds. The second kappa shape index (κ2) is 2.31. The Morgan fingerprint density at radius 3 is 3.29 bits per heavy atom. The highest BCUT2D eigenvalue weighted by molar-refractivity contribution is 6.00. The van der Waals surface area contributed by atoms with Gasteiger partial charge < -0.3 is 5.32 Å². The van der Waals surface area contributed by atoms with Gasteiger partial charge in [0.2, 0.25) is 5.91 Å². The van der Waals surface area contributed by atoms with Gasteiger partial charge in [0.1, 0.15) is 11.8 Å². The Balaban J connectivity index is 2.46. The van der Waals surface area contributed by atoms with E-state index < -0.39 is 0 Å². The van der Waals surface area contributed by atoms with E-state index in [1.54, 1.807) is 4.52 Å². The van der Waals surface area contributed by atoms with Crippen molar-refractivity contribution >= 4 is 17.2 Å². The van der Waals surface area contributed by atoms with Gasteiger partial charge in [-0.25, -0.2) is 9.50 Å². The standard InChI is InChI=1S/C9H8N4O/c1-5-2-6-3-7(14)12-9-8(6)13(5)11-4-10-9/h2,4H,3H2,1H3,(H,10,11,12,14). The monoisotopic (exact) mass is 188 g/mol. The fraction of sp³-hybridized carbons (Fsp3) is 0.222. The third kappa shape index (κ3) is 0.810. The molecule has 0 aliphatic carbocycles. The minimum absolute atomic E-state index is 0.0105. The number of hydrogen-bond donors (Lipinski definition) is 1. The summed E-state index contributed by atoms with van der Waals surface area (Å²) < 4.78 is 1.80. The Bertz CT molecular complexity index is 543. The quantitative estimate of drug-likeness (QED) is 0.656. The number of carbonyl (C=O) groups excluding carboxylic acids is 1. The molecule has 0 bridgehead atoms. The predicted octanol–water partition coefficient (Wildman–Crippen LogP) is 0.532. The molecule has 0 saturated carbocycles. The maximum Gasteiger partial charge on any atom is 0.230 e. The van der Waals surface area contributed by atoms with Crippen LogP contribution in [0, 0.1) is 6.92 Å². The molecule has 2 aromatic heterocycles. The summed E-state index contributed by atoms with van der Waals surface area (Å²) >= 11 is 0. The summed E-state index contributed by atoms with van der Waals surface area (Å²) in [6.07, 6.45) is 1.86. The van der Waals surface area contributed by atoms with Crippen molar-refractivity contribution in [2.24, 2.45) is 0 Å². The van der Waals surface area contributed by atoms with Crippen LogP contribution in [0.2, 0.25) is 0 Å². The lowest BCUT2D eigenvalue weighted by molar-refractivity contribution is -0.115. The number of aromatic nitrogens is 3. The van der Waals surface area contributed by atoms with Gasteiger partial charge in [0.05, 0.1) is 6.42 Å². The van der Waals surface area contributed by atoms with Crippen molar-refractivity contribution in [3.8, 4) is 0 Å². The number of anilines is 1. The molecule has 0 atom stereocenters. The first-order valence-corrected chi connectivity index (χ1v) is 4.38. The highest BCUT2D eigenvalue weighted by Gasteiger charge is 2.21. The van der Waals surface area contributed by atoms with Gasteiger partial charge in [-0.05, 0) is 18.6 Å². The Kier molecular flexibility index (Phi) is 1.24. The summed E-state index contributed by atoms with van der Waals surface area (Å²) in [6, 6.07) is 1.98. The largest absolute Gasteiger partial charge is 0.309 e. The fourth-order valence-corrected chi connectivity index (χ4v) is 1.87. The molecule has 3 rings (SSSR count). The first-order valence-electron chi connectivity index (χ1n) is 4.38. The highest BCUT2D eigenvalue weighted by Crippen LogP contribution is 2.25. The molecular formula is C9H8N4O. The van der Waals surface area contributed by atoms with Gasteiger partial charge in [-0.1, -0.05) is 0 Å². The number of amides is 1. The average molecular weight is 188 g/mol. The molecule has 70 valence electrons. The van der Waals surface area contributed by atoms with Crippen molar-refractivity contribution in [3.63, 3.8) is 0 Å². The van der Waals surface area contributed by atoms with Crippen LogP contribution in [0.3, 0.4) is 0 Å². The second-order valence-corrected chi connectivity index (χ2v) is 3.40. The maximum absolute atomic E-state index is 11.3. The predicted molar refractivity (Wildman–Crippen MR) is 50.1 cm³/mol. The van der Waals surface area contributed by atoms with E-state index in [2.05, 4.69) is 15.4 Å². The number of carbonyl (C=O) groups is 1. The van der Waals surface area contributed by atoms with Gasteiger partial charge in [0.15, 0.2) is 5.82 Å². The van der Waals surface area contributed by atoms with Gasteiger partial charge in [0, 0.05) is 5.69 Å². The van der Waals surface area contributed by atoms with Crippen LogP contribution in [-0.4, -0.2) is 20.5 Å². The molecule has 1 N–H and O–H groups in total. The van der Waals surface area contributed by atoms with E-state index in [4.69, 9.17) is 0 Å².